The standard InChI is InChI=1S/C20H27F2NO5S/c1-18(2,29(23)26)11-20(12-21,14-7-5-6-8-15(14)22)10-9-13-16(24)27-19(3,4)28-17(13)25/h5-8,13H,9-12,23H2,1-4H3/t20-,29?/m1/s1. The van der Waals surface area contributed by atoms with E-state index < -0.39 is 57.3 Å². The molecule has 162 valence electrons. The summed E-state index contributed by atoms with van der Waals surface area (Å²) in [6.45, 7) is 5.07. The van der Waals surface area contributed by atoms with E-state index in [4.69, 9.17) is 14.6 Å². The van der Waals surface area contributed by atoms with Crippen molar-refractivity contribution in [3.8, 4) is 0 Å². The zero-order valence-electron chi connectivity index (χ0n) is 17.0. The fourth-order valence-electron chi connectivity index (χ4n) is 3.68. The van der Waals surface area contributed by atoms with Crippen LogP contribution in [0, 0.1) is 11.7 Å². The highest BCUT2D eigenvalue weighted by Crippen LogP contribution is 2.42. The molecule has 2 N–H and O–H groups in total. The van der Waals surface area contributed by atoms with E-state index in [1.807, 2.05) is 0 Å². The van der Waals surface area contributed by atoms with Crippen LogP contribution in [0.3, 0.4) is 0 Å². The Hall–Kier alpha value is -1.87. The first kappa shape index (κ1) is 23.4. The van der Waals surface area contributed by atoms with E-state index in [1.54, 1.807) is 19.9 Å². The molecule has 0 bridgehead atoms. The number of carbonyl (C=O) groups is 2. The number of ether oxygens (including phenoxy) is 2. The van der Waals surface area contributed by atoms with E-state index in [-0.39, 0.29) is 24.8 Å². The molecule has 1 aliphatic heterocycles. The molecular formula is C20H27F2NO5S. The first-order valence-electron chi connectivity index (χ1n) is 9.26. The van der Waals surface area contributed by atoms with Gasteiger partial charge < -0.3 is 9.47 Å². The van der Waals surface area contributed by atoms with Crippen LogP contribution in [-0.2, 0) is 35.5 Å². The molecule has 6 nitrogen and oxygen atoms in total. The average molecular weight is 432 g/mol. The van der Waals surface area contributed by atoms with Crippen molar-refractivity contribution in [1.29, 1.82) is 0 Å². The van der Waals surface area contributed by atoms with Crippen molar-refractivity contribution in [2.75, 3.05) is 6.67 Å². The van der Waals surface area contributed by atoms with E-state index in [2.05, 4.69) is 0 Å². The van der Waals surface area contributed by atoms with Crippen molar-refractivity contribution >= 4 is 22.9 Å². The van der Waals surface area contributed by atoms with Gasteiger partial charge in [0, 0.05) is 19.3 Å². The summed E-state index contributed by atoms with van der Waals surface area (Å²) in [7, 11) is -1.81. The number of halogens is 2. The highest BCUT2D eigenvalue weighted by atomic mass is 32.2. The van der Waals surface area contributed by atoms with Gasteiger partial charge in [0.15, 0.2) is 5.92 Å². The number of hydrogen-bond acceptors (Lipinski definition) is 5. The van der Waals surface area contributed by atoms with Gasteiger partial charge in [0.2, 0.25) is 0 Å². The Morgan fingerprint density at radius 3 is 2.21 bits per heavy atom. The maximum Gasteiger partial charge on any atom is 0.323 e. The van der Waals surface area contributed by atoms with Crippen molar-refractivity contribution in [1.82, 2.24) is 0 Å². The van der Waals surface area contributed by atoms with Crippen molar-refractivity contribution in [2.24, 2.45) is 11.1 Å². The van der Waals surface area contributed by atoms with E-state index in [9.17, 15) is 22.6 Å². The lowest BCUT2D eigenvalue weighted by Gasteiger charge is -2.39. The summed E-state index contributed by atoms with van der Waals surface area (Å²) < 4.78 is 50.3. The first-order valence-corrected chi connectivity index (χ1v) is 10.5. The number of carbonyl (C=O) groups excluding carboxylic acids is 2. The topological polar surface area (TPSA) is 95.7 Å². The van der Waals surface area contributed by atoms with Crippen molar-refractivity contribution in [2.45, 2.75) is 62.9 Å². The number of cyclic esters (lactones) is 2. The molecule has 0 saturated carbocycles. The van der Waals surface area contributed by atoms with Crippen LogP contribution in [0.2, 0.25) is 0 Å². The van der Waals surface area contributed by atoms with Crippen LogP contribution in [-0.4, -0.2) is 33.4 Å². The molecule has 2 atom stereocenters. The summed E-state index contributed by atoms with van der Waals surface area (Å²) in [5, 5.41) is 5.57. The van der Waals surface area contributed by atoms with E-state index >= 15 is 0 Å². The van der Waals surface area contributed by atoms with Gasteiger partial charge in [0.05, 0.1) is 22.4 Å². The molecule has 0 aromatic heterocycles. The van der Waals surface area contributed by atoms with Crippen molar-refractivity contribution in [3.63, 3.8) is 0 Å². The Morgan fingerprint density at radius 2 is 1.72 bits per heavy atom. The van der Waals surface area contributed by atoms with Crippen LogP contribution < -0.4 is 5.14 Å². The molecule has 29 heavy (non-hydrogen) atoms. The quantitative estimate of drug-likeness (QED) is 0.504. The highest BCUT2D eigenvalue weighted by Gasteiger charge is 2.47. The third-order valence-electron chi connectivity index (χ3n) is 5.18. The van der Waals surface area contributed by atoms with Gasteiger partial charge in [0.1, 0.15) is 5.82 Å². The molecule has 1 heterocycles. The molecule has 1 aromatic rings. The van der Waals surface area contributed by atoms with E-state index in [1.165, 1.54) is 32.0 Å². The van der Waals surface area contributed by atoms with Crippen LogP contribution in [0.15, 0.2) is 24.3 Å². The molecule has 2 rings (SSSR count). The molecule has 0 spiro atoms. The molecule has 1 unspecified atom stereocenters. The number of hydrogen-bond donors (Lipinski definition) is 1. The van der Waals surface area contributed by atoms with Crippen LogP contribution in [0.5, 0.6) is 0 Å². The maximum atomic E-state index is 14.6. The minimum Gasteiger partial charge on any atom is -0.422 e. The third kappa shape index (κ3) is 5.19. The average Bonchev–Trinajstić information content (AvgIpc) is 2.59. The monoisotopic (exact) mass is 431 g/mol. The van der Waals surface area contributed by atoms with Crippen LogP contribution in [0.25, 0.3) is 0 Å². The lowest BCUT2D eigenvalue weighted by Crippen LogP contribution is -2.47. The van der Waals surface area contributed by atoms with Gasteiger partial charge >= 0.3 is 11.9 Å². The van der Waals surface area contributed by atoms with Crippen molar-refractivity contribution < 1.29 is 32.1 Å². The predicted octanol–water partition coefficient (Wildman–Crippen LogP) is 3.06. The fraction of sp³-hybridized carbons (Fsp3) is 0.600. The lowest BCUT2D eigenvalue weighted by molar-refractivity contribution is -0.240. The molecule has 1 aromatic carbocycles. The van der Waals surface area contributed by atoms with Gasteiger partial charge in [-0.1, -0.05) is 18.2 Å². The SMILES string of the molecule is CC1(C)OC(=O)C(CC[C@](CF)(CC(C)(C)S(N)=O)c2ccccc2F)C(=O)O1. The Kier molecular flexibility index (Phi) is 6.84. The Balaban J connectivity index is 2.38. The largest absolute Gasteiger partial charge is 0.422 e. The van der Waals surface area contributed by atoms with Gasteiger partial charge in [-0.15, -0.1) is 0 Å². The zero-order chi connectivity index (χ0) is 22.0. The second-order valence-corrected chi connectivity index (χ2v) is 10.2. The minimum atomic E-state index is -1.81. The lowest BCUT2D eigenvalue weighted by atomic mass is 9.70. The Bertz CT molecular complexity index is 794. The molecule has 1 saturated heterocycles. The molecule has 0 aliphatic carbocycles. The van der Waals surface area contributed by atoms with Gasteiger partial charge in [-0.3, -0.25) is 19.1 Å². The van der Waals surface area contributed by atoms with Crippen LogP contribution >= 0.6 is 0 Å². The number of nitrogens with two attached hydrogens (primary N) is 1. The van der Waals surface area contributed by atoms with Crippen molar-refractivity contribution in [3.05, 3.63) is 35.6 Å². The van der Waals surface area contributed by atoms with E-state index in [0.717, 1.165) is 0 Å². The van der Waals surface area contributed by atoms with Gasteiger partial charge in [-0.2, -0.15) is 0 Å². The second kappa shape index (κ2) is 8.47. The summed E-state index contributed by atoms with van der Waals surface area (Å²) in [6, 6.07) is 5.70. The molecule has 9 heteroatoms. The van der Waals surface area contributed by atoms with Crippen LogP contribution in [0.1, 0.15) is 52.5 Å². The zero-order valence-corrected chi connectivity index (χ0v) is 17.8. The van der Waals surface area contributed by atoms with Crippen LogP contribution in [0.4, 0.5) is 8.78 Å². The third-order valence-corrected chi connectivity index (χ3v) is 6.42. The fourth-order valence-corrected chi connectivity index (χ4v) is 4.10. The molecule has 1 fully saturated rings. The van der Waals surface area contributed by atoms with E-state index in [0.29, 0.717) is 0 Å². The number of benzene rings is 1. The molecule has 0 amide bonds. The Morgan fingerprint density at radius 1 is 1.17 bits per heavy atom. The number of alkyl halides is 1. The summed E-state index contributed by atoms with van der Waals surface area (Å²) in [5.74, 6) is -4.78. The number of rotatable bonds is 8. The normalized spacial score (nSPS) is 20.5. The predicted molar refractivity (Wildman–Crippen MR) is 104 cm³/mol. The summed E-state index contributed by atoms with van der Waals surface area (Å²) in [5.41, 5.74) is -1.35. The molecule has 0 radical (unpaired) electrons. The molecule has 1 aliphatic rings. The highest BCUT2D eigenvalue weighted by molar-refractivity contribution is 7.84. The summed E-state index contributed by atoms with van der Waals surface area (Å²) in [4.78, 5) is 24.5. The smallest absolute Gasteiger partial charge is 0.323 e. The maximum absolute atomic E-state index is 14.6. The van der Waals surface area contributed by atoms with Gasteiger partial charge in [-0.25, -0.2) is 8.60 Å². The first-order chi connectivity index (χ1) is 13.3. The van der Waals surface area contributed by atoms with Gasteiger partial charge in [-0.05, 0) is 44.7 Å². The summed E-state index contributed by atoms with van der Waals surface area (Å²) >= 11 is 0. The van der Waals surface area contributed by atoms with Gasteiger partial charge in [0.25, 0.3) is 5.79 Å². The molecular weight excluding hydrogens is 404 g/mol. The Labute approximate surface area is 171 Å². The number of esters is 2. The second-order valence-electron chi connectivity index (χ2n) is 8.46. The summed E-state index contributed by atoms with van der Waals surface area (Å²) in [6.07, 6.45) is -0.234. The minimum absolute atomic E-state index is 0.0527.